The second-order valence-electron chi connectivity index (χ2n) is 6.03. The number of anilines is 1. The summed E-state index contributed by atoms with van der Waals surface area (Å²) in [6, 6.07) is 12.4. The molecule has 140 valence electrons. The molecule has 1 aromatic heterocycles. The molecule has 1 saturated heterocycles. The summed E-state index contributed by atoms with van der Waals surface area (Å²) in [7, 11) is 0. The van der Waals surface area contributed by atoms with Gasteiger partial charge in [0.05, 0.1) is 30.9 Å². The van der Waals surface area contributed by atoms with Gasteiger partial charge in [-0.1, -0.05) is 6.07 Å². The molecule has 2 amide bonds. The van der Waals surface area contributed by atoms with E-state index in [-0.39, 0.29) is 6.04 Å². The molecular formula is C19H20N4O3S. The van der Waals surface area contributed by atoms with Crippen LogP contribution in [0.5, 0.6) is 0 Å². The second-order valence-corrected chi connectivity index (χ2v) is 7.01. The summed E-state index contributed by atoms with van der Waals surface area (Å²) < 4.78 is 5.40. The summed E-state index contributed by atoms with van der Waals surface area (Å²) >= 11 is 1.63. The fourth-order valence-electron chi connectivity index (χ4n) is 2.87. The number of carbonyl (C=O) groups excluding carboxylic acids is 2. The molecule has 27 heavy (non-hydrogen) atoms. The number of nitriles is 1. The van der Waals surface area contributed by atoms with E-state index < -0.39 is 11.8 Å². The van der Waals surface area contributed by atoms with Crippen LogP contribution in [-0.2, 0) is 14.3 Å². The number of morpholine rings is 1. The summed E-state index contributed by atoms with van der Waals surface area (Å²) in [5.74, 6) is -1.42. The van der Waals surface area contributed by atoms with E-state index in [1.54, 1.807) is 35.6 Å². The fourth-order valence-corrected chi connectivity index (χ4v) is 3.73. The molecule has 1 aliphatic rings. The molecule has 0 radical (unpaired) electrons. The molecule has 0 saturated carbocycles. The van der Waals surface area contributed by atoms with Crippen LogP contribution in [0.3, 0.4) is 0 Å². The van der Waals surface area contributed by atoms with Gasteiger partial charge in [-0.05, 0) is 35.7 Å². The van der Waals surface area contributed by atoms with Crippen LogP contribution in [0.25, 0.3) is 0 Å². The van der Waals surface area contributed by atoms with Crippen LogP contribution >= 0.6 is 11.3 Å². The molecule has 0 aliphatic carbocycles. The average molecular weight is 384 g/mol. The third-order valence-corrected chi connectivity index (χ3v) is 5.27. The van der Waals surface area contributed by atoms with Gasteiger partial charge in [-0.15, -0.1) is 11.3 Å². The smallest absolute Gasteiger partial charge is 0.313 e. The molecule has 1 unspecified atom stereocenters. The first-order valence-corrected chi connectivity index (χ1v) is 9.50. The van der Waals surface area contributed by atoms with Crippen molar-refractivity contribution in [2.75, 3.05) is 38.2 Å². The van der Waals surface area contributed by atoms with Gasteiger partial charge < -0.3 is 15.4 Å². The number of amides is 2. The van der Waals surface area contributed by atoms with E-state index >= 15 is 0 Å². The van der Waals surface area contributed by atoms with E-state index in [4.69, 9.17) is 10.00 Å². The number of carbonyl (C=O) groups is 2. The van der Waals surface area contributed by atoms with Crippen molar-refractivity contribution in [3.8, 4) is 6.07 Å². The summed E-state index contributed by atoms with van der Waals surface area (Å²) in [5.41, 5.74) is 0.957. The van der Waals surface area contributed by atoms with Gasteiger partial charge in [0, 0.05) is 30.2 Å². The van der Waals surface area contributed by atoms with E-state index in [9.17, 15) is 9.59 Å². The molecular weight excluding hydrogens is 364 g/mol. The molecule has 0 spiro atoms. The van der Waals surface area contributed by atoms with E-state index in [1.165, 1.54) is 0 Å². The van der Waals surface area contributed by atoms with Gasteiger partial charge in [0.15, 0.2) is 0 Å². The van der Waals surface area contributed by atoms with Gasteiger partial charge in [-0.3, -0.25) is 14.5 Å². The standard InChI is InChI=1S/C19H20N4O3S/c20-12-14-3-5-15(6-4-14)22-19(25)18(24)21-13-16(17-2-1-11-27-17)23-7-9-26-10-8-23/h1-6,11,16H,7-10,13H2,(H,21,24)(H,22,25). The predicted molar refractivity (Wildman–Crippen MR) is 102 cm³/mol. The molecule has 1 aliphatic heterocycles. The Morgan fingerprint density at radius 1 is 1.19 bits per heavy atom. The van der Waals surface area contributed by atoms with Crippen molar-refractivity contribution in [3.63, 3.8) is 0 Å². The zero-order chi connectivity index (χ0) is 19.1. The van der Waals surface area contributed by atoms with E-state index in [0.29, 0.717) is 31.0 Å². The van der Waals surface area contributed by atoms with Crippen LogP contribution in [0.2, 0.25) is 0 Å². The Hall–Kier alpha value is -2.73. The zero-order valence-corrected chi connectivity index (χ0v) is 15.5. The largest absolute Gasteiger partial charge is 0.379 e. The van der Waals surface area contributed by atoms with Gasteiger partial charge in [0.2, 0.25) is 0 Å². The minimum atomic E-state index is -0.730. The van der Waals surface area contributed by atoms with Crippen molar-refractivity contribution in [2.24, 2.45) is 0 Å². The molecule has 1 aromatic carbocycles. The first kappa shape index (κ1) is 19.0. The van der Waals surface area contributed by atoms with E-state index in [1.807, 2.05) is 23.6 Å². The maximum absolute atomic E-state index is 12.2. The lowest BCUT2D eigenvalue weighted by atomic mass is 10.2. The first-order chi connectivity index (χ1) is 13.2. The number of benzene rings is 1. The van der Waals surface area contributed by atoms with Crippen molar-refractivity contribution >= 4 is 28.8 Å². The molecule has 3 rings (SSSR count). The second kappa shape index (κ2) is 9.28. The Morgan fingerprint density at radius 3 is 2.56 bits per heavy atom. The van der Waals surface area contributed by atoms with Gasteiger partial charge in [-0.2, -0.15) is 5.26 Å². The molecule has 1 atom stereocenters. The number of hydrogen-bond donors (Lipinski definition) is 2. The minimum absolute atomic E-state index is 0.0144. The van der Waals surface area contributed by atoms with Crippen LogP contribution in [0, 0.1) is 11.3 Å². The van der Waals surface area contributed by atoms with Gasteiger partial charge in [0.1, 0.15) is 0 Å². The molecule has 1 fully saturated rings. The number of hydrogen-bond acceptors (Lipinski definition) is 6. The van der Waals surface area contributed by atoms with Crippen LogP contribution < -0.4 is 10.6 Å². The lowest BCUT2D eigenvalue weighted by Crippen LogP contribution is -2.45. The zero-order valence-electron chi connectivity index (χ0n) is 14.7. The average Bonchev–Trinajstić information content (AvgIpc) is 3.24. The Kier molecular flexibility index (Phi) is 6.54. The maximum Gasteiger partial charge on any atom is 0.313 e. The highest BCUT2D eigenvalue weighted by atomic mass is 32.1. The third kappa shape index (κ3) is 5.14. The van der Waals surface area contributed by atoms with Crippen molar-refractivity contribution in [3.05, 3.63) is 52.2 Å². The summed E-state index contributed by atoms with van der Waals surface area (Å²) in [6.45, 7) is 3.25. The molecule has 8 heteroatoms. The van der Waals surface area contributed by atoms with E-state index in [2.05, 4.69) is 15.5 Å². The van der Waals surface area contributed by atoms with Crippen LogP contribution in [-0.4, -0.2) is 49.6 Å². The number of rotatable bonds is 5. The monoisotopic (exact) mass is 384 g/mol. The van der Waals surface area contributed by atoms with E-state index in [0.717, 1.165) is 18.0 Å². The topological polar surface area (TPSA) is 94.5 Å². The summed E-state index contributed by atoms with van der Waals surface area (Å²) in [4.78, 5) is 27.7. The SMILES string of the molecule is N#Cc1ccc(NC(=O)C(=O)NCC(c2cccs2)N2CCOCC2)cc1. The predicted octanol–water partition coefficient (Wildman–Crippen LogP) is 1.75. The van der Waals surface area contributed by atoms with Crippen molar-refractivity contribution in [1.82, 2.24) is 10.2 Å². The molecule has 2 heterocycles. The molecule has 7 nitrogen and oxygen atoms in total. The summed E-state index contributed by atoms with van der Waals surface area (Å²) in [6.07, 6.45) is 0. The fraction of sp³-hybridized carbons (Fsp3) is 0.316. The lowest BCUT2D eigenvalue weighted by Gasteiger charge is -2.34. The third-order valence-electron chi connectivity index (χ3n) is 4.29. The van der Waals surface area contributed by atoms with Crippen molar-refractivity contribution in [2.45, 2.75) is 6.04 Å². The molecule has 2 N–H and O–H groups in total. The number of nitrogens with one attached hydrogen (secondary N) is 2. The molecule has 2 aromatic rings. The highest BCUT2D eigenvalue weighted by Gasteiger charge is 2.25. The summed E-state index contributed by atoms with van der Waals surface area (Å²) in [5, 5.41) is 16.1. The van der Waals surface area contributed by atoms with Crippen LogP contribution in [0.15, 0.2) is 41.8 Å². The van der Waals surface area contributed by atoms with Crippen molar-refractivity contribution < 1.29 is 14.3 Å². The van der Waals surface area contributed by atoms with Crippen LogP contribution in [0.4, 0.5) is 5.69 Å². The first-order valence-electron chi connectivity index (χ1n) is 8.62. The normalized spacial score (nSPS) is 15.5. The number of ether oxygens (including phenoxy) is 1. The minimum Gasteiger partial charge on any atom is -0.379 e. The van der Waals surface area contributed by atoms with Gasteiger partial charge >= 0.3 is 11.8 Å². The Balaban J connectivity index is 1.57. The molecule has 0 bridgehead atoms. The van der Waals surface area contributed by atoms with Crippen molar-refractivity contribution in [1.29, 1.82) is 5.26 Å². The number of thiophene rings is 1. The highest BCUT2D eigenvalue weighted by molar-refractivity contribution is 7.10. The van der Waals surface area contributed by atoms with Gasteiger partial charge in [0.25, 0.3) is 0 Å². The number of nitrogens with zero attached hydrogens (tertiary/aromatic N) is 2. The quantitative estimate of drug-likeness (QED) is 0.766. The lowest BCUT2D eigenvalue weighted by molar-refractivity contribution is -0.136. The highest BCUT2D eigenvalue weighted by Crippen LogP contribution is 2.25. The van der Waals surface area contributed by atoms with Crippen LogP contribution in [0.1, 0.15) is 16.5 Å². The maximum atomic E-state index is 12.2. The Bertz CT molecular complexity index is 808. The Labute approximate surface area is 161 Å². The van der Waals surface area contributed by atoms with Gasteiger partial charge in [-0.25, -0.2) is 0 Å². The Morgan fingerprint density at radius 2 is 1.93 bits per heavy atom.